The molecule has 0 N–H and O–H groups in total. The van der Waals surface area contributed by atoms with E-state index in [0.29, 0.717) is 70.9 Å². The van der Waals surface area contributed by atoms with Gasteiger partial charge < -0.3 is 23.7 Å². The Balaban J connectivity index is 1.85. The van der Waals surface area contributed by atoms with Crippen molar-refractivity contribution < 1.29 is 32.1 Å². The van der Waals surface area contributed by atoms with Crippen LogP contribution in [0.1, 0.15) is 5.56 Å². The topological polar surface area (TPSA) is 129 Å². The number of azide groups is 1. The van der Waals surface area contributed by atoms with Gasteiger partial charge in [-0.05, 0) is 24.6 Å². The van der Waals surface area contributed by atoms with Crippen LogP contribution in [0.3, 0.4) is 0 Å². The highest BCUT2D eigenvalue weighted by Gasteiger charge is 2.13. The highest BCUT2D eigenvalue weighted by molar-refractivity contribution is 7.91. The summed E-state index contributed by atoms with van der Waals surface area (Å²) in [7, 11) is -3.32. The van der Waals surface area contributed by atoms with E-state index in [1.54, 1.807) is 24.3 Å². The van der Waals surface area contributed by atoms with Gasteiger partial charge in [-0.25, -0.2) is 8.42 Å². The molecule has 0 atom stereocenters. The predicted molar refractivity (Wildman–Crippen MR) is 111 cm³/mol. The lowest BCUT2D eigenvalue weighted by molar-refractivity contribution is -0.00956. The smallest absolute Gasteiger partial charge is 0.180 e. The van der Waals surface area contributed by atoms with Gasteiger partial charge >= 0.3 is 0 Å². The van der Waals surface area contributed by atoms with E-state index in [9.17, 15) is 8.42 Å². The van der Waals surface area contributed by atoms with E-state index in [1.807, 2.05) is 6.92 Å². The fourth-order valence-electron chi connectivity index (χ4n) is 2.16. The molecule has 0 amide bonds. The van der Waals surface area contributed by atoms with E-state index >= 15 is 0 Å². The first-order chi connectivity index (χ1) is 14.6. The maximum atomic E-state index is 12.2. The van der Waals surface area contributed by atoms with Gasteiger partial charge in [0.15, 0.2) is 9.84 Å². The maximum absolute atomic E-state index is 12.2. The van der Waals surface area contributed by atoms with E-state index < -0.39 is 9.84 Å². The summed E-state index contributed by atoms with van der Waals surface area (Å²) in [5, 5.41) is 3.35. The Hall–Kier alpha value is -1.72. The van der Waals surface area contributed by atoms with Crippen molar-refractivity contribution in [1.29, 1.82) is 0 Å². The molecule has 0 aromatic heterocycles. The first kappa shape index (κ1) is 26.3. The van der Waals surface area contributed by atoms with Crippen molar-refractivity contribution in [3.8, 4) is 0 Å². The number of hydrogen-bond donors (Lipinski definition) is 0. The molecule has 0 saturated heterocycles. The predicted octanol–water partition coefficient (Wildman–Crippen LogP) is 2.16. The minimum atomic E-state index is -3.32. The third-order valence-electron chi connectivity index (χ3n) is 3.76. The standard InChI is InChI=1S/C19H31N3O7S/c1-18-2-4-19(5-3-18)30(23,24)17-16-29-15-14-28-13-12-27-11-10-26-9-8-25-7-6-21-22-20/h2-5H,6-17H2,1H3. The van der Waals surface area contributed by atoms with Crippen LogP contribution >= 0.6 is 0 Å². The van der Waals surface area contributed by atoms with Gasteiger partial charge in [-0.15, -0.1) is 0 Å². The number of benzene rings is 1. The van der Waals surface area contributed by atoms with Crippen LogP contribution in [-0.2, 0) is 33.5 Å². The van der Waals surface area contributed by atoms with Crippen molar-refractivity contribution >= 4 is 9.84 Å². The zero-order valence-corrected chi connectivity index (χ0v) is 18.2. The number of aryl methyl sites for hydroxylation is 1. The summed E-state index contributed by atoms with van der Waals surface area (Å²) in [6.45, 7) is 6.10. The lowest BCUT2D eigenvalue weighted by atomic mass is 10.2. The molecule has 10 nitrogen and oxygen atoms in total. The molecule has 1 rings (SSSR count). The summed E-state index contributed by atoms with van der Waals surface area (Å²) in [6.07, 6.45) is 0. The van der Waals surface area contributed by atoms with Gasteiger partial charge in [0, 0.05) is 11.5 Å². The van der Waals surface area contributed by atoms with Crippen molar-refractivity contribution in [3.05, 3.63) is 40.3 Å². The average molecular weight is 446 g/mol. The molecule has 11 heteroatoms. The third kappa shape index (κ3) is 13.5. The molecule has 1 aromatic carbocycles. The number of sulfone groups is 1. The Kier molecular flexibility index (Phi) is 14.9. The summed E-state index contributed by atoms with van der Waals surface area (Å²) in [6, 6.07) is 6.78. The molecule has 30 heavy (non-hydrogen) atoms. The zero-order chi connectivity index (χ0) is 21.9. The Bertz CT molecular complexity index is 707. The molecule has 0 aliphatic heterocycles. The second-order valence-electron chi connectivity index (χ2n) is 6.15. The Morgan fingerprint density at radius 3 is 1.67 bits per heavy atom. The van der Waals surface area contributed by atoms with Gasteiger partial charge in [0.25, 0.3) is 0 Å². The molecular formula is C19H31N3O7S. The normalized spacial score (nSPS) is 11.4. The third-order valence-corrected chi connectivity index (χ3v) is 5.46. The molecular weight excluding hydrogens is 414 g/mol. The summed E-state index contributed by atoms with van der Waals surface area (Å²) < 4.78 is 50.9. The SMILES string of the molecule is Cc1ccc(S(=O)(=O)CCOCCOCCOCCOCCOCCN=[N+]=[N-])cc1. The summed E-state index contributed by atoms with van der Waals surface area (Å²) in [5.74, 6) is -0.0575. The highest BCUT2D eigenvalue weighted by Crippen LogP contribution is 2.11. The summed E-state index contributed by atoms with van der Waals surface area (Å²) in [4.78, 5) is 2.93. The van der Waals surface area contributed by atoms with Crippen molar-refractivity contribution in [2.75, 3.05) is 78.4 Å². The molecule has 0 saturated carbocycles. The van der Waals surface area contributed by atoms with Gasteiger partial charge in [0.1, 0.15) is 0 Å². The largest absolute Gasteiger partial charge is 0.379 e. The molecule has 0 heterocycles. The van der Waals surface area contributed by atoms with Crippen LogP contribution in [0.5, 0.6) is 0 Å². The van der Waals surface area contributed by atoms with Crippen molar-refractivity contribution in [1.82, 2.24) is 0 Å². The van der Waals surface area contributed by atoms with Crippen LogP contribution < -0.4 is 0 Å². The van der Waals surface area contributed by atoms with Crippen LogP contribution in [0.15, 0.2) is 34.3 Å². The van der Waals surface area contributed by atoms with Gasteiger partial charge in [-0.3, -0.25) is 0 Å². The van der Waals surface area contributed by atoms with E-state index in [-0.39, 0.29) is 12.4 Å². The van der Waals surface area contributed by atoms with Gasteiger partial charge in [-0.2, -0.15) is 0 Å². The van der Waals surface area contributed by atoms with Crippen LogP contribution in [0.2, 0.25) is 0 Å². The van der Waals surface area contributed by atoms with Crippen LogP contribution in [0.4, 0.5) is 0 Å². The first-order valence-corrected chi connectivity index (χ1v) is 11.4. The van der Waals surface area contributed by atoms with E-state index in [4.69, 9.17) is 29.2 Å². The molecule has 170 valence electrons. The molecule has 0 bridgehead atoms. The molecule has 0 aliphatic carbocycles. The maximum Gasteiger partial charge on any atom is 0.180 e. The number of rotatable bonds is 19. The van der Waals surface area contributed by atoms with Gasteiger partial charge in [0.05, 0.1) is 76.7 Å². The van der Waals surface area contributed by atoms with Crippen molar-refractivity contribution in [2.45, 2.75) is 11.8 Å². The average Bonchev–Trinajstić information content (AvgIpc) is 2.73. The fourth-order valence-corrected chi connectivity index (χ4v) is 3.29. The molecule has 0 radical (unpaired) electrons. The Morgan fingerprint density at radius 1 is 0.767 bits per heavy atom. The van der Waals surface area contributed by atoms with E-state index in [0.717, 1.165) is 5.56 Å². The molecule has 0 fully saturated rings. The second kappa shape index (κ2) is 17.0. The molecule has 1 aromatic rings. The van der Waals surface area contributed by atoms with Crippen LogP contribution in [0, 0.1) is 6.92 Å². The Labute approximate surface area is 178 Å². The zero-order valence-electron chi connectivity index (χ0n) is 17.4. The lowest BCUT2D eigenvalue weighted by Crippen LogP contribution is -2.16. The minimum absolute atomic E-state index is 0.0575. The fraction of sp³-hybridized carbons (Fsp3) is 0.684. The van der Waals surface area contributed by atoms with Crippen molar-refractivity contribution in [2.24, 2.45) is 5.11 Å². The first-order valence-electron chi connectivity index (χ1n) is 9.75. The molecule has 0 aliphatic rings. The van der Waals surface area contributed by atoms with E-state index in [1.165, 1.54) is 0 Å². The number of ether oxygens (including phenoxy) is 5. The second-order valence-corrected chi connectivity index (χ2v) is 8.26. The van der Waals surface area contributed by atoms with Gasteiger partial charge in [-0.1, -0.05) is 22.8 Å². The minimum Gasteiger partial charge on any atom is -0.379 e. The van der Waals surface area contributed by atoms with E-state index in [2.05, 4.69) is 10.0 Å². The quantitative estimate of drug-likeness (QED) is 0.138. The Morgan fingerprint density at radius 2 is 1.20 bits per heavy atom. The van der Waals surface area contributed by atoms with Crippen LogP contribution in [0.25, 0.3) is 10.4 Å². The van der Waals surface area contributed by atoms with Crippen molar-refractivity contribution in [3.63, 3.8) is 0 Å². The van der Waals surface area contributed by atoms with Crippen LogP contribution in [-0.4, -0.2) is 86.8 Å². The number of hydrogen-bond acceptors (Lipinski definition) is 8. The number of nitrogens with zero attached hydrogens (tertiary/aromatic N) is 3. The monoisotopic (exact) mass is 445 g/mol. The molecule has 0 spiro atoms. The summed E-state index contributed by atoms with van der Waals surface area (Å²) >= 11 is 0. The summed E-state index contributed by atoms with van der Waals surface area (Å²) in [5.41, 5.74) is 9.11. The lowest BCUT2D eigenvalue weighted by Gasteiger charge is -2.08. The highest BCUT2D eigenvalue weighted by atomic mass is 32.2. The van der Waals surface area contributed by atoms with Gasteiger partial charge in [0.2, 0.25) is 0 Å². The molecule has 0 unspecified atom stereocenters.